The van der Waals surface area contributed by atoms with Crippen molar-refractivity contribution >= 4 is 0 Å². The molecule has 0 saturated heterocycles. The molecule has 6 nitrogen and oxygen atoms in total. The summed E-state index contributed by atoms with van der Waals surface area (Å²) < 4.78 is 16.5. The van der Waals surface area contributed by atoms with Gasteiger partial charge in [0.2, 0.25) is 11.7 Å². The second kappa shape index (κ2) is 8.46. The van der Waals surface area contributed by atoms with Crippen LogP contribution in [0.1, 0.15) is 56.8 Å². The predicted octanol–water partition coefficient (Wildman–Crippen LogP) is 2.24. The molecule has 0 aliphatic heterocycles. The molecule has 0 amide bonds. The molecule has 1 aliphatic carbocycles. The van der Waals surface area contributed by atoms with E-state index in [1.165, 1.54) is 32.1 Å². The lowest BCUT2D eigenvalue weighted by Crippen LogP contribution is -2.25. The smallest absolute Gasteiger partial charge is 0.229 e. The SMILES string of the molecule is CCOC(c1noc(CC(CN)OC)n1)C1CCCCC1. The van der Waals surface area contributed by atoms with Gasteiger partial charge in [-0.2, -0.15) is 4.98 Å². The predicted molar refractivity (Wildman–Crippen MR) is 78.8 cm³/mol. The van der Waals surface area contributed by atoms with Crippen molar-refractivity contribution in [2.45, 2.75) is 57.7 Å². The summed E-state index contributed by atoms with van der Waals surface area (Å²) >= 11 is 0. The van der Waals surface area contributed by atoms with Crippen molar-refractivity contribution in [2.75, 3.05) is 20.3 Å². The molecule has 6 heteroatoms. The van der Waals surface area contributed by atoms with Crippen LogP contribution < -0.4 is 5.73 Å². The maximum Gasteiger partial charge on any atom is 0.229 e. The molecule has 1 fully saturated rings. The third-order valence-electron chi connectivity index (χ3n) is 4.16. The third-order valence-corrected chi connectivity index (χ3v) is 4.16. The van der Waals surface area contributed by atoms with Gasteiger partial charge in [-0.25, -0.2) is 0 Å². The molecule has 1 aromatic rings. The van der Waals surface area contributed by atoms with Gasteiger partial charge in [-0.3, -0.25) is 0 Å². The molecule has 120 valence electrons. The van der Waals surface area contributed by atoms with Gasteiger partial charge in [0.25, 0.3) is 0 Å². The second-order valence-electron chi connectivity index (χ2n) is 5.62. The highest BCUT2D eigenvalue weighted by atomic mass is 16.5. The second-order valence-corrected chi connectivity index (χ2v) is 5.62. The highest BCUT2D eigenvalue weighted by molar-refractivity contribution is 4.96. The molecule has 2 unspecified atom stereocenters. The summed E-state index contributed by atoms with van der Waals surface area (Å²) in [5, 5.41) is 4.12. The quantitative estimate of drug-likeness (QED) is 0.792. The lowest BCUT2D eigenvalue weighted by molar-refractivity contribution is -0.00145. The number of nitrogens with two attached hydrogens (primary N) is 1. The van der Waals surface area contributed by atoms with Crippen LogP contribution in [0.3, 0.4) is 0 Å². The zero-order valence-corrected chi connectivity index (χ0v) is 13.1. The molecular formula is C15H27N3O3. The van der Waals surface area contributed by atoms with E-state index in [1.807, 2.05) is 6.92 Å². The van der Waals surface area contributed by atoms with E-state index in [2.05, 4.69) is 10.1 Å². The molecule has 2 atom stereocenters. The largest absolute Gasteiger partial charge is 0.380 e. The van der Waals surface area contributed by atoms with Gasteiger partial charge in [-0.05, 0) is 25.7 Å². The van der Waals surface area contributed by atoms with Crippen LogP contribution in [0, 0.1) is 5.92 Å². The van der Waals surface area contributed by atoms with Crippen molar-refractivity contribution in [2.24, 2.45) is 11.7 Å². The minimum absolute atomic E-state index is 0.0494. The van der Waals surface area contributed by atoms with Crippen LogP contribution >= 0.6 is 0 Å². The van der Waals surface area contributed by atoms with Crippen LogP contribution in [-0.4, -0.2) is 36.5 Å². The highest BCUT2D eigenvalue weighted by Crippen LogP contribution is 2.35. The van der Waals surface area contributed by atoms with Gasteiger partial charge in [-0.15, -0.1) is 0 Å². The normalized spacial score (nSPS) is 19.6. The average molecular weight is 297 g/mol. The zero-order chi connectivity index (χ0) is 15.1. The molecule has 0 aromatic carbocycles. The molecule has 0 radical (unpaired) electrons. The Labute approximate surface area is 126 Å². The number of methoxy groups -OCH3 is 1. The first kappa shape index (κ1) is 16.4. The Morgan fingerprint density at radius 3 is 2.71 bits per heavy atom. The van der Waals surface area contributed by atoms with Crippen molar-refractivity contribution in [1.82, 2.24) is 10.1 Å². The number of rotatable bonds is 8. The molecule has 2 N–H and O–H groups in total. The van der Waals surface area contributed by atoms with E-state index >= 15 is 0 Å². The topological polar surface area (TPSA) is 83.4 Å². The summed E-state index contributed by atoms with van der Waals surface area (Å²) in [5.74, 6) is 1.74. The molecular weight excluding hydrogens is 270 g/mol. The lowest BCUT2D eigenvalue weighted by Gasteiger charge is -2.27. The third kappa shape index (κ3) is 4.49. The fraction of sp³-hybridized carbons (Fsp3) is 0.867. The van der Waals surface area contributed by atoms with Crippen LogP contribution in [0.15, 0.2) is 4.52 Å². The summed E-state index contributed by atoms with van der Waals surface area (Å²) in [7, 11) is 1.64. The molecule has 1 heterocycles. The van der Waals surface area contributed by atoms with Gasteiger partial charge in [0.05, 0.1) is 12.5 Å². The van der Waals surface area contributed by atoms with Crippen LogP contribution in [-0.2, 0) is 15.9 Å². The number of hydrogen-bond donors (Lipinski definition) is 1. The van der Waals surface area contributed by atoms with Crippen molar-refractivity contribution in [3.8, 4) is 0 Å². The fourth-order valence-corrected chi connectivity index (χ4v) is 2.96. The lowest BCUT2D eigenvalue weighted by atomic mass is 9.85. The molecule has 0 spiro atoms. The maximum atomic E-state index is 5.90. The van der Waals surface area contributed by atoms with Gasteiger partial charge in [0.15, 0.2) is 0 Å². The Morgan fingerprint density at radius 2 is 2.10 bits per heavy atom. The fourth-order valence-electron chi connectivity index (χ4n) is 2.96. The first-order chi connectivity index (χ1) is 10.3. The van der Waals surface area contributed by atoms with Crippen LogP contribution in [0.4, 0.5) is 0 Å². The molecule has 1 saturated carbocycles. The van der Waals surface area contributed by atoms with Crippen molar-refractivity contribution in [3.63, 3.8) is 0 Å². The number of nitrogens with zero attached hydrogens (tertiary/aromatic N) is 2. The van der Waals surface area contributed by atoms with Crippen molar-refractivity contribution in [1.29, 1.82) is 0 Å². The molecule has 0 bridgehead atoms. The number of hydrogen-bond acceptors (Lipinski definition) is 6. The molecule has 21 heavy (non-hydrogen) atoms. The zero-order valence-electron chi connectivity index (χ0n) is 13.1. The highest BCUT2D eigenvalue weighted by Gasteiger charge is 2.29. The van der Waals surface area contributed by atoms with Gasteiger partial charge in [0, 0.05) is 20.3 Å². The van der Waals surface area contributed by atoms with Gasteiger partial charge < -0.3 is 19.7 Å². The van der Waals surface area contributed by atoms with Gasteiger partial charge in [-0.1, -0.05) is 24.4 Å². The first-order valence-electron chi connectivity index (χ1n) is 7.95. The van der Waals surface area contributed by atoms with Gasteiger partial charge in [0.1, 0.15) is 6.10 Å². The Morgan fingerprint density at radius 1 is 1.33 bits per heavy atom. The minimum Gasteiger partial charge on any atom is -0.380 e. The molecule has 1 aliphatic rings. The maximum absolute atomic E-state index is 5.90. The van der Waals surface area contributed by atoms with E-state index in [0.29, 0.717) is 37.2 Å². The number of aromatic nitrogens is 2. The summed E-state index contributed by atoms with van der Waals surface area (Å²) in [6.07, 6.45) is 6.61. The van der Waals surface area contributed by atoms with E-state index in [4.69, 9.17) is 19.7 Å². The van der Waals surface area contributed by atoms with E-state index in [-0.39, 0.29) is 12.2 Å². The van der Waals surface area contributed by atoms with E-state index < -0.39 is 0 Å². The molecule has 1 aromatic heterocycles. The Hall–Kier alpha value is -0.980. The van der Waals surface area contributed by atoms with Crippen LogP contribution in [0.5, 0.6) is 0 Å². The van der Waals surface area contributed by atoms with E-state index in [1.54, 1.807) is 7.11 Å². The standard InChI is InChI=1S/C15H27N3O3/c1-3-20-14(11-7-5-4-6-8-11)15-17-13(21-18-15)9-12(10-16)19-2/h11-12,14H,3-10,16H2,1-2H3. The Bertz CT molecular complexity index is 401. The summed E-state index contributed by atoms with van der Waals surface area (Å²) in [4.78, 5) is 4.50. The summed E-state index contributed by atoms with van der Waals surface area (Å²) in [6, 6.07) is 0. The Kier molecular flexibility index (Phi) is 6.60. The van der Waals surface area contributed by atoms with E-state index in [0.717, 1.165) is 0 Å². The minimum atomic E-state index is -0.0847. The summed E-state index contributed by atoms with van der Waals surface area (Å²) in [6.45, 7) is 3.10. The van der Waals surface area contributed by atoms with Crippen molar-refractivity contribution < 1.29 is 14.0 Å². The average Bonchev–Trinajstić information content (AvgIpc) is 2.99. The van der Waals surface area contributed by atoms with Crippen LogP contribution in [0.2, 0.25) is 0 Å². The Balaban J connectivity index is 2.04. The van der Waals surface area contributed by atoms with Crippen LogP contribution in [0.25, 0.3) is 0 Å². The number of ether oxygens (including phenoxy) is 2. The van der Waals surface area contributed by atoms with E-state index in [9.17, 15) is 0 Å². The van der Waals surface area contributed by atoms with Crippen molar-refractivity contribution in [3.05, 3.63) is 11.7 Å². The monoisotopic (exact) mass is 297 g/mol. The summed E-state index contributed by atoms with van der Waals surface area (Å²) in [5.41, 5.74) is 5.62. The first-order valence-corrected chi connectivity index (χ1v) is 7.95. The molecule has 2 rings (SSSR count). The van der Waals surface area contributed by atoms with Gasteiger partial charge >= 0.3 is 0 Å².